The highest BCUT2D eigenvalue weighted by Crippen LogP contribution is 2.22. The van der Waals surface area contributed by atoms with E-state index in [1.165, 1.54) is 5.41 Å². The van der Waals surface area contributed by atoms with E-state index in [4.69, 9.17) is 11.6 Å². The molecule has 0 saturated carbocycles. The molecule has 0 spiro atoms. The standard InChI is InChI=1S/C16H20ClNO3S/c1-16(2,10-13-5-3-4-6-14(13)17)18-15(19)9-12-7-8-22(20,21)11-12/h3-8,12H,9-11H2,1-2H3,(H,18,19)/t12-/m1/s1. The minimum absolute atomic E-state index is 0.0192. The molecule has 6 heteroatoms. The molecule has 2 rings (SSSR count). The van der Waals surface area contributed by atoms with Crippen LogP contribution in [0.2, 0.25) is 5.02 Å². The third kappa shape index (κ3) is 4.85. The summed E-state index contributed by atoms with van der Waals surface area (Å²) < 4.78 is 22.7. The van der Waals surface area contributed by atoms with Crippen molar-refractivity contribution in [2.24, 2.45) is 5.92 Å². The Hall–Kier alpha value is -1.33. The molecule has 1 atom stereocenters. The first-order valence-corrected chi connectivity index (χ1v) is 9.22. The van der Waals surface area contributed by atoms with Gasteiger partial charge in [0.05, 0.1) is 5.75 Å². The molecule has 0 aliphatic carbocycles. The maximum absolute atomic E-state index is 12.1. The molecular formula is C16H20ClNO3S. The predicted octanol–water partition coefficient (Wildman–Crippen LogP) is 2.73. The topological polar surface area (TPSA) is 63.2 Å². The Morgan fingerprint density at radius 1 is 1.36 bits per heavy atom. The maximum Gasteiger partial charge on any atom is 0.221 e. The zero-order valence-corrected chi connectivity index (χ0v) is 14.2. The number of sulfone groups is 1. The molecular weight excluding hydrogens is 322 g/mol. The normalized spacial score (nSPS) is 20.0. The largest absolute Gasteiger partial charge is 0.351 e. The van der Waals surface area contributed by atoms with Gasteiger partial charge in [-0.15, -0.1) is 0 Å². The Balaban J connectivity index is 1.93. The number of rotatable bonds is 5. The number of halogens is 1. The molecule has 1 aliphatic rings. The van der Waals surface area contributed by atoms with E-state index in [0.29, 0.717) is 11.4 Å². The highest BCUT2D eigenvalue weighted by Gasteiger charge is 2.27. The molecule has 1 aliphatic heterocycles. The average Bonchev–Trinajstić information content (AvgIpc) is 2.70. The van der Waals surface area contributed by atoms with Crippen molar-refractivity contribution in [2.45, 2.75) is 32.2 Å². The summed E-state index contributed by atoms with van der Waals surface area (Å²) in [5.41, 5.74) is 0.515. The highest BCUT2D eigenvalue weighted by molar-refractivity contribution is 7.94. The molecule has 0 radical (unpaired) electrons. The monoisotopic (exact) mass is 341 g/mol. The van der Waals surface area contributed by atoms with Crippen LogP contribution in [0, 0.1) is 5.92 Å². The van der Waals surface area contributed by atoms with Crippen molar-refractivity contribution in [1.29, 1.82) is 0 Å². The summed E-state index contributed by atoms with van der Waals surface area (Å²) in [6, 6.07) is 7.53. The Bertz CT molecular complexity index is 695. The van der Waals surface area contributed by atoms with Gasteiger partial charge >= 0.3 is 0 Å². The van der Waals surface area contributed by atoms with Crippen LogP contribution < -0.4 is 5.32 Å². The van der Waals surface area contributed by atoms with Crippen molar-refractivity contribution in [3.05, 3.63) is 46.3 Å². The molecule has 0 unspecified atom stereocenters. The van der Waals surface area contributed by atoms with E-state index in [0.717, 1.165) is 5.56 Å². The van der Waals surface area contributed by atoms with Crippen LogP contribution in [0.4, 0.5) is 0 Å². The van der Waals surface area contributed by atoms with Crippen LogP contribution in [0.25, 0.3) is 0 Å². The van der Waals surface area contributed by atoms with Crippen LogP contribution >= 0.6 is 11.6 Å². The zero-order chi connectivity index (χ0) is 16.4. The van der Waals surface area contributed by atoms with E-state index < -0.39 is 15.4 Å². The first-order valence-electron chi connectivity index (χ1n) is 7.12. The smallest absolute Gasteiger partial charge is 0.221 e. The van der Waals surface area contributed by atoms with Crippen LogP contribution in [0.3, 0.4) is 0 Å². The van der Waals surface area contributed by atoms with Crippen LogP contribution in [-0.4, -0.2) is 25.6 Å². The number of allylic oxidation sites excluding steroid dienone is 1. The van der Waals surface area contributed by atoms with Crippen molar-refractivity contribution < 1.29 is 13.2 Å². The van der Waals surface area contributed by atoms with Gasteiger partial charge in [-0.2, -0.15) is 0 Å². The molecule has 0 aromatic heterocycles. The molecule has 120 valence electrons. The molecule has 4 nitrogen and oxygen atoms in total. The summed E-state index contributed by atoms with van der Waals surface area (Å²) in [6.45, 7) is 3.85. The number of carbonyl (C=O) groups is 1. The van der Waals surface area contributed by atoms with Crippen molar-refractivity contribution in [1.82, 2.24) is 5.32 Å². The van der Waals surface area contributed by atoms with E-state index in [9.17, 15) is 13.2 Å². The summed E-state index contributed by atoms with van der Waals surface area (Å²) in [4.78, 5) is 12.1. The fourth-order valence-corrected chi connectivity index (χ4v) is 4.20. The van der Waals surface area contributed by atoms with E-state index >= 15 is 0 Å². The third-order valence-electron chi connectivity index (χ3n) is 3.52. The van der Waals surface area contributed by atoms with Gasteiger partial charge in [0.25, 0.3) is 0 Å². The summed E-state index contributed by atoms with van der Waals surface area (Å²) in [5, 5.41) is 4.83. The number of hydrogen-bond acceptors (Lipinski definition) is 3. The van der Waals surface area contributed by atoms with Crippen molar-refractivity contribution in [3.63, 3.8) is 0 Å². The van der Waals surface area contributed by atoms with Gasteiger partial charge in [0, 0.05) is 28.3 Å². The van der Waals surface area contributed by atoms with Crippen molar-refractivity contribution in [2.75, 3.05) is 5.75 Å². The molecule has 0 fully saturated rings. The molecule has 1 aromatic rings. The molecule has 1 heterocycles. The quantitative estimate of drug-likeness (QED) is 0.895. The van der Waals surface area contributed by atoms with E-state index in [1.54, 1.807) is 6.08 Å². The lowest BCUT2D eigenvalue weighted by Crippen LogP contribution is -2.45. The van der Waals surface area contributed by atoms with Gasteiger partial charge in [-0.3, -0.25) is 4.79 Å². The number of hydrogen-bond donors (Lipinski definition) is 1. The van der Waals surface area contributed by atoms with E-state index in [1.807, 2.05) is 38.1 Å². The third-order valence-corrected chi connectivity index (χ3v) is 5.35. The summed E-state index contributed by atoms with van der Waals surface area (Å²) in [7, 11) is -3.12. The Morgan fingerprint density at radius 3 is 2.64 bits per heavy atom. The lowest BCUT2D eigenvalue weighted by molar-refractivity contribution is -0.123. The SMILES string of the molecule is CC(C)(Cc1ccccc1Cl)NC(=O)C[C@H]1C=CS(=O)(=O)C1. The second-order valence-electron chi connectivity index (χ2n) is 6.32. The molecule has 0 saturated heterocycles. The number of amides is 1. The minimum Gasteiger partial charge on any atom is -0.351 e. The fourth-order valence-electron chi connectivity index (χ4n) is 2.60. The van der Waals surface area contributed by atoms with Crippen LogP contribution in [0.5, 0.6) is 0 Å². The predicted molar refractivity (Wildman–Crippen MR) is 88.4 cm³/mol. The molecule has 22 heavy (non-hydrogen) atoms. The van der Waals surface area contributed by atoms with Gasteiger partial charge in [0.15, 0.2) is 9.84 Å². The van der Waals surface area contributed by atoms with Gasteiger partial charge in [-0.25, -0.2) is 8.42 Å². The lowest BCUT2D eigenvalue weighted by atomic mass is 9.94. The zero-order valence-electron chi connectivity index (χ0n) is 12.7. The molecule has 1 amide bonds. The Labute approximate surface area is 136 Å². The van der Waals surface area contributed by atoms with E-state index in [-0.39, 0.29) is 24.0 Å². The first kappa shape index (κ1) is 17.0. The summed E-state index contributed by atoms with van der Waals surface area (Å²) in [5.74, 6) is -0.365. The Morgan fingerprint density at radius 2 is 2.05 bits per heavy atom. The van der Waals surface area contributed by atoms with Crippen molar-refractivity contribution >= 4 is 27.3 Å². The van der Waals surface area contributed by atoms with Crippen LogP contribution in [-0.2, 0) is 21.1 Å². The first-order chi connectivity index (χ1) is 10.2. The van der Waals surface area contributed by atoms with Gasteiger partial charge in [0.1, 0.15) is 0 Å². The summed E-state index contributed by atoms with van der Waals surface area (Å²) in [6.07, 6.45) is 2.38. The van der Waals surface area contributed by atoms with Crippen LogP contribution in [0.1, 0.15) is 25.8 Å². The molecule has 1 N–H and O–H groups in total. The number of carbonyl (C=O) groups excluding carboxylic acids is 1. The second kappa shape index (κ2) is 6.42. The highest BCUT2D eigenvalue weighted by atomic mass is 35.5. The van der Waals surface area contributed by atoms with E-state index in [2.05, 4.69) is 5.32 Å². The maximum atomic E-state index is 12.1. The Kier molecular flexibility index (Phi) is 4.97. The van der Waals surface area contributed by atoms with Gasteiger partial charge in [0.2, 0.25) is 5.91 Å². The fraction of sp³-hybridized carbons (Fsp3) is 0.438. The second-order valence-corrected chi connectivity index (χ2v) is 8.66. The average molecular weight is 342 g/mol. The molecule has 0 bridgehead atoms. The number of nitrogens with one attached hydrogen (secondary N) is 1. The number of benzene rings is 1. The van der Waals surface area contributed by atoms with Gasteiger partial charge in [-0.05, 0) is 31.9 Å². The minimum atomic E-state index is -3.12. The summed E-state index contributed by atoms with van der Waals surface area (Å²) >= 11 is 6.15. The van der Waals surface area contributed by atoms with Crippen molar-refractivity contribution in [3.8, 4) is 0 Å². The van der Waals surface area contributed by atoms with Gasteiger partial charge < -0.3 is 5.32 Å². The van der Waals surface area contributed by atoms with Gasteiger partial charge in [-0.1, -0.05) is 35.9 Å². The van der Waals surface area contributed by atoms with Crippen LogP contribution in [0.15, 0.2) is 35.7 Å². The lowest BCUT2D eigenvalue weighted by Gasteiger charge is -2.27. The molecule has 1 aromatic carbocycles.